The molecule has 0 heterocycles. The molecule has 4 heteroatoms. The second-order valence-corrected chi connectivity index (χ2v) is 8.39. The monoisotopic (exact) mass is 363 g/mol. The molecule has 0 aromatic heterocycles. The predicted octanol–water partition coefficient (Wildman–Crippen LogP) is 4.32. The third-order valence-electron chi connectivity index (χ3n) is 5.28. The molecule has 0 bridgehead atoms. The van der Waals surface area contributed by atoms with Crippen LogP contribution in [0.4, 0.5) is 0 Å². The Hall–Kier alpha value is -1.26. The van der Waals surface area contributed by atoms with Crippen LogP contribution in [0.2, 0.25) is 0 Å². The summed E-state index contributed by atoms with van der Waals surface area (Å²) in [7, 11) is 1.68. The number of unbranched alkanes of at least 4 members (excludes halogenated alkanes) is 1. The van der Waals surface area contributed by atoms with E-state index in [1.807, 2.05) is 12.1 Å². The van der Waals surface area contributed by atoms with Gasteiger partial charge in [-0.25, -0.2) is 0 Å². The van der Waals surface area contributed by atoms with Crippen LogP contribution in [0.25, 0.3) is 0 Å². The van der Waals surface area contributed by atoms with Crippen molar-refractivity contribution < 1.29 is 14.6 Å². The zero-order valence-electron chi connectivity index (χ0n) is 16.8. The van der Waals surface area contributed by atoms with E-state index < -0.39 is 5.54 Å². The molecule has 1 fully saturated rings. The molecule has 3 N–H and O–H groups in total. The fraction of sp³-hybridized carbons (Fsp3) is 0.727. The molecule has 1 aromatic rings. The van der Waals surface area contributed by atoms with Crippen LogP contribution in [-0.2, 0) is 6.42 Å². The zero-order chi connectivity index (χ0) is 19.0. The average molecular weight is 364 g/mol. The van der Waals surface area contributed by atoms with Gasteiger partial charge in [-0.1, -0.05) is 39.2 Å². The SMILES string of the molecule is COc1cc(CC[C@@](N)(CO)CC2CC2)ccc1OCCCCC(C)C. The van der Waals surface area contributed by atoms with Crippen LogP contribution in [-0.4, -0.2) is 31.0 Å². The van der Waals surface area contributed by atoms with E-state index in [1.165, 1.54) is 31.2 Å². The molecule has 0 saturated heterocycles. The van der Waals surface area contributed by atoms with Crippen molar-refractivity contribution in [1.82, 2.24) is 0 Å². The number of aliphatic hydroxyl groups excluding tert-OH is 1. The van der Waals surface area contributed by atoms with Crippen molar-refractivity contribution >= 4 is 0 Å². The standard InChI is InChI=1S/C22H37NO3/c1-17(2)6-4-5-13-26-20-10-9-18(14-21(20)25-3)11-12-22(23,16-24)15-19-7-8-19/h9-10,14,17,19,24H,4-8,11-13,15-16,23H2,1-3H3/t22-/m0/s1. The van der Waals surface area contributed by atoms with Gasteiger partial charge >= 0.3 is 0 Å². The molecule has 0 amide bonds. The highest BCUT2D eigenvalue weighted by atomic mass is 16.5. The number of hydrogen-bond donors (Lipinski definition) is 2. The minimum Gasteiger partial charge on any atom is -0.493 e. The number of aryl methyl sites for hydroxylation is 1. The first kappa shape index (κ1) is 21.0. The minimum absolute atomic E-state index is 0.0538. The lowest BCUT2D eigenvalue weighted by molar-refractivity contribution is 0.172. The van der Waals surface area contributed by atoms with Gasteiger partial charge in [-0.15, -0.1) is 0 Å². The Morgan fingerprint density at radius 1 is 1.23 bits per heavy atom. The zero-order valence-corrected chi connectivity index (χ0v) is 16.8. The Morgan fingerprint density at radius 2 is 2.00 bits per heavy atom. The van der Waals surface area contributed by atoms with E-state index in [2.05, 4.69) is 19.9 Å². The van der Waals surface area contributed by atoms with Gasteiger partial charge in [-0.05, 0) is 61.6 Å². The summed E-state index contributed by atoms with van der Waals surface area (Å²) in [5.41, 5.74) is 7.11. The largest absolute Gasteiger partial charge is 0.493 e. The fourth-order valence-corrected chi connectivity index (χ4v) is 3.36. The van der Waals surface area contributed by atoms with E-state index in [1.54, 1.807) is 7.11 Å². The van der Waals surface area contributed by atoms with Crippen LogP contribution >= 0.6 is 0 Å². The molecule has 0 radical (unpaired) electrons. The molecule has 1 aliphatic carbocycles. The van der Waals surface area contributed by atoms with Gasteiger partial charge in [0.2, 0.25) is 0 Å². The third kappa shape index (κ3) is 7.16. The second-order valence-electron chi connectivity index (χ2n) is 8.39. The molecular formula is C22H37NO3. The number of rotatable bonds is 13. The molecule has 1 aromatic carbocycles. The lowest BCUT2D eigenvalue weighted by Gasteiger charge is -2.27. The highest BCUT2D eigenvalue weighted by molar-refractivity contribution is 5.43. The fourth-order valence-electron chi connectivity index (χ4n) is 3.36. The van der Waals surface area contributed by atoms with E-state index in [-0.39, 0.29) is 6.61 Å². The Labute approximate surface area is 159 Å². The Bertz CT molecular complexity index is 542. The minimum atomic E-state index is -0.458. The highest BCUT2D eigenvalue weighted by Gasteiger charge is 2.33. The average Bonchev–Trinajstić information content (AvgIpc) is 3.43. The number of aliphatic hydroxyl groups is 1. The van der Waals surface area contributed by atoms with Crippen molar-refractivity contribution in [1.29, 1.82) is 0 Å². The van der Waals surface area contributed by atoms with Crippen molar-refractivity contribution in [2.24, 2.45) is 17.6 Å². The van der Waals surface area contributed by atoms with E-state index in [0.717, 1.165) is 49.7 Å². The lowest BCUT2D eigenvalue weighted by Crippen LogP contribution is -2.44. The number of hydrogen-bond acceptors (Lipinski definition) is 4. The Balaban J connectivity index is 1.84. The van der Waals surface area contributed by atoms with Gasteiger partial charge in [0.25, 0.3) is 0 Å². The topological polar surface area (TPSA) is 64.7 Å². The summed E-state index contributed by atoms with van der Waals surface area (Å²) in [5.74, 6) is 3.05. The summed E-state index contributed by atoms with van der Waals surface area (Å²) in [5, 5.41) is 9.69. The first-order valence-electron chi connectivity index (χ1n) is 10.2. The van der Waals surface area contributed by atoms with E-state index in [9.17, 15) is 5.11 Å². The second kappa shape index (κ2) is 10.2. The molecule has 1 atom stereocenters. The van der Waals surface area contributed by atoms with Gasteiger partial charge in [0.15, 0.2) is 11.5 Å². The molecule has 0 aliphatic heterocycles. The molecular weight excluding hydrogens is 326 g/mol. The first-order valence-corrected chi connectivity index (χ1v) is 10.2. The van der Waals surface area contributed by atoms with Crippen LogP contribution in [0.3, 0.4) is 0 Å². The number of benzene rings is 1. The van der Waals surface area contributed by atoms with E-state index in [4.69, 9.17) is 15.2 Å². The first-order chi connectivity index (χ1) is 12.5. The summed E-state index contributed by atoms with van der Waals surface area (Å²) in [6, 6.07) is 6.12. The van der Waals surface area contributed by atoms with E-state index in [0.29, 0.717) is 5.92 Å². The highest BCUT2D eigenvalue weighted by Crippen LogP contribution is 2.37. The Kier molecular flexibility index (Phi) is 8.23. The van der Waals surface area contributed by atoms with E-state index >= 15 is 0 Å². The molecule has 1 aliphatic rings. The molecule has 0 spiro atoms. The van der Waals surface area contributed by atoms with Gasteiger partial charge in [-0.3, -0.25) is 0 Å². The molecule has 2 rings (SSSR count). The van der Waals surface area contributed by atoms with Crippen molar-refractivity contribution in [3.05, 3.63) is 23.8 Å². The summed E-state index contributed by atoms with van der Waals surface area (Å²) in [6.07, 6.45) is 8.58. The van der Waals surface area contributed by atoms with Crippen molar-refractivity contribution in [2.45, 2.75) is 70.8 Å². The molecule has 0 unspecified atom stereocenters. The molecule has 26 heavy (non-hydrogen) atoms. The van der Waals surface area contributed by atoms with Crippen molar-refractivity contribution in [3.63, 3.8) is 0 Å². The summed E-state index contributed by atoms with van der Waals surface area (Å²) < 4.78 is 11.4. The maximum Gasteiger partial charge on any atom is 0.161 e. The van der Waals surface area contributed by atoms with Gasteiger partial charge in [0.1, 0.15) is 0 Å². The maximum absolute atomic E-state index is 9.69. The number of nitrogens with two attached hydrogens (primary N) is 1. The smallest absolute Gasteiger partial charge is 0.161 e. The maximum atomic E-state index is 9.69. The normalized spacial score (nSPS) is 16.5. The van der Waals surface area contributed by atoms with Crippen LogP contribution < -0.4 is 15.2 Å². The van der Waals surface area contributed by atoms with Crippen molar-refractivity contribution in [2.75, 3.05) is 20.3 Å². The molecule has 148 valence electrons. The van der Waals surface area contributed by atoms with Crippen LogP contribution in [0.5, 0.6) is 11.5 Å². The quantitative estimate of drug-likeness (QED) is 0.512. The van der Waals surface area contributed by atoms with Gasteiger partial charge in [-0.2, -0.15) is 0 Å². The van der Waals surface area contributed by atoms with Crippen molar-refractivity contribution in [3.8, 4) is 11.5 Å². The van der Waals surface area contributed by atoms with Crippen LogP contribution in [0.1, 0.15) is 64.4 Å². The molecule has 4 nitrogen and oxygen atoms in total. The van der Waals surface area contributed by atoms with Gasteiger partial charge < -0.3 is 20.3 Å². The van der Waals surface area contributed by atoms with Gasteiger partial charge in [0, 0.05) is 5.54 Å². The van der Waals surface area contributed by atoms with Crippen LogP contribution in [0.15, 0.2) is 18.2 Å². The summed E-state index contributed by atoms with van der Waals surface area (Å²) in [6.45, 7) is 5.28. The third-order valence-corrected chi connectivity index (χ3v) is 5.28. The van der Waals surface area contributed by atoms with Gasteiger partial charge in [0.05, 0.1) is 20.3 Å². The number of ether oxygens (including phenoxy) is 2. The lowest BCUT2D eigenvalue weighted by atomic mass is 9.88. The Morgan fingerprint density at radius 3 is 2.62 bits per heavy atom. The predicted molar refractivity (Wildman–Crippen MR) is 107 cm³/mol. The molecule has 1 saturated carbocycles. The van der Waals surface area contributed by atoms with Crippen LogP contribution in [0, 0.1) is 11.8 Å². The number of methoxy groups -OCH3 is 1. The summed E-state index contributed by atoms with van der Waals surface area (Å²) in [4.78, 5) is 0. The summed E-state index contributed by atoms with van der Waals surface area (Å²) >= 11 is 0.